The number of rotatable bonds is 25. The first-order valence-corrected chi connectivity index (χ1v) is 26.3. The lowest BCUT2D eigenvalue weighted by molar-refractivity contribution is 0.608. The van der Waals surface area contributed by atoms with Gasteiger partial charge < -0.3 is 0 Å². The van der Waals surface area contributed by atoms with Gasteiger partial charge in [0, 0.05) is 50.1 Å². The summed E-state index contributed by atoms with van der Waals surface area (Å²) in [5.41, 5.74) is 7.98. The predicted octanol–water partition coefficient (Wildman–Crippen LogP) is 17.9. The van der Waals surface area contributed by atoms with Crippen molar-refractivity contribution in [2.45, 2.75) is 169 Å². The van der Waals surface area contributed by atoms with E-state index in [2.05, 4.69) is 125 Å². The molecule has 0 bridgehead atoms. The minimum atomic E-state index is 1.02. The molecule has 0 saturated heterocycles. The van der Waals surface area contributed by atoms with Crippen LogP contribution in [-0.2, 0) is 19.3 Å². The van der Waals surface area contributed by atoms with Gasteiger partial charge in [-0.1, -0.05) is 123 Å². The second-order valence-corrected chi connectivity index (χ2v) is 20.9. The van der Waals surface area contributed by atoms with E-state index in [0.29, 0.717) is 0 Å². The van der Waals surface area contributed by atoms with Crippen LogP contribution in [0.3, 0.4) is 0 Å². The van der Waals surface area contributed by atoms with Gasteiger partial charge in [0.15, 0.2) is 0 Å². The summed E-state index contributed by atoms with van der Waals surface area (Å²) in [6.07, 6.45) is 32.3. The molecule has 0 atom stereocenters. The molecule has 0 fully saturated rings. The van der Waals surface area contributed by atoms with E-state index in [-0.39, 0.29) is 0 Å². The van der Waals surface area contributed by atoms with Crippen molar-refractivity contribution in [2.24, 2.45) is 0 Å². The van der Waals surface area contributed by atoms with Crippen LogP contribution in [0.25, 0.3) is 40.4 Å². The summed E-state index contributed by atoms with van der Waals surface area (Å²) < 4.78 is 0. The Bertz CT molecular complexity index is 2310. The van der Waals surface area contributed by atoms with E-state index in [9.17, 15) is 0 Å². The third-order valence-corrected chi connectivity index (χ3v) is 16.0. The van der Waals surface area contributed by atoms with Crippen LogP contribution in [0, 0.1) is 61.7 Å². The summed E-state index contributed by atoms with van der Waals surface area (Å²) in [6.45, 7) is 11.4. The van der Waals surface area contributed by atoms with Gasteiger partial charge in [-0.2, -0.15) is 0 Å². The maximum atomic E-state index is 5.34. The Morgan fingerprint density at radius 2 is 0.833 bits per heavy atom. The molecule has 0 amide bonds. The van der Waals surface area contributed by atoms with Crippen LogP contribution in [0.15, 0.2) is 48.5 Å². The van der Waals surface area contributed by atoms with E-state index >= 15 is 0 Å². The summed E-state index contributed by atoms with van der Waals surface area (Å²) in [5, 5.41) is 0. The molecule has 5 rings (SSSR count). The molecule has 0 unspecified atom stereocenters. The third kappa shape index (κ3) is 14.7. The Hall–Kier alpha value is -3.74. The van der Waals surface area contributed by atoms with E-state index in [0.717, 1.165) is 24.8 Å². The second kappa shape index (κ2) is 26.6. The monoisotopic (exact) mass is 866 g/mol. The molecule has 0 radical (unpaired) electrons. The maximum Gasteiger partial charge on any atom is 0.0477 e. The van der Waals surface area contributed by atoms with Crippen LogP contribution < -0.4 is 0 Å². The molecule has 1 aromatic carbocycles. The Morgan fingerprint density at radius 3 is 1.33 bits per heavy atom. The summed E-state index contributed by atoms with van der Waals surface area (Å²) in [6, 6.07) is 19.1. The fraction of sp³-hybridized carbons (Fsp3) is 0.464. The number of hydrogen-bond donors (Lipinski definition) is 0. The lowest BCUT2D eigenvalue weighted by Crippen LogP contribution is -1.94. The van der Waals surface area contributed by atoms with Gasteiger partial charge in [0.2, 0.25) is 0 Å². The molecule has 0 nitrogen and oxygen atoms in total. The fourth-order valence-corrected chi connectivity index (χ4v) is 12.5. The maximum absolute atomic E-state index is 5.34. The molecule has 4 heterocycles. The summed E-state index contributed by atoms with van der Waals surface area (Å²) in [5.74, 6) is 20.1. The lowest BCUT2D eigenvalue weighted by atomic mass is 9.93. The molecule has 4 heteroatoms. The zero-order chi connectivity index (χ0) is 42.4. The largest absolute Gasteiger partial charge is 0.139 e. The standard InChI is InChI=1S/C56H66S4/c1-7-11-15-19-23-27-31-45-41-50(52-36-38-54(60-52)56-48(40-44(6)58-56)34-30-26-22-18-14-10-4)46(32-28-24-20-16-12-8-2)42-49(45)51-35-37-53(59-51)55-47(39-43(5)57-55)33-29-25-21-17-13-9-3/h1,35-42H,8-10,12-14,16-18,20-22,24-26,28-30,32-34H2,2-6H3. The predicted molar refractivity (Wildman–Crippen MR) is 272 cm³/mol. The number of terminal acetylenes is 1. The Kier molecular flexibility index (Phi) is 20.9. The lowest BCUT2D eigenvalue weighted by Gasteiger charge is -2.13. The molecular formula is C56H66S4. The molecule has 0 saturated carbocycles. The van der Waals surface area contributed by atoms with E-state index < -0.39 is 0 Å². The third-order valence-electron chi connectivity index (χ3n) is 11.2. The van der Waals surface area contributed by atoms with Crippen molar-refractivity contribution >= 4 is 45.3 Å². The smallest absolute Gasteiger partial charge is 0.0477 e. The van der Waals surface area contributed by atoms with Gasteiger partial charge in [0.1, 0.15) is 0 Å². The molecule has 5 aromatic rings. The van der Waals surface area contributed by atoms with Crippen LogP contribution >= 0.6 is 45.3 Å². The van der Waals surface area contributed by atoms with Gasteiger partial charge >= 0.3 is 0 Å². The SMILES string of the molecule is C#CC#CC#CC#Cc1cc(-c2ccc(-c3sc(C)cc3CCCCCCCC)s2)c(CCCCCCCC)cc1-c1ccc(-c2sc(C)cc2CCCCCCCC)s1. The van der Waals surface area contributed by atoms with Crippen molar-refractivity contribution in [1.82, 2.24) is 0 Å². The van der Waals surface area contributed by atoms with Crippen molar-refractivity contribution in [3.63, 3.8) is 0 Å². The number of thiophene rings is 4. The summed E-state index contributed by atoms with van der Waals surface area (Å²) >= 11 is 7.77. The normalized spacial score (nSPS) is 10.7. The van der Waals surface area contributed by atoms with Crippen molar-refractivity contribution in [2.75, 3.05) is 0 Å². The summed E-state index contributed by atoms with van der Waals surface area (Å²) in [4.78, 5) is 11.0. The highest BCUT2D eigenvalue weighted by Crippen LogP contribution is 2.45. The van der Waals surface area contributed by atoms with Crippen molar-refractivity contribution < 1.29 is 0 Å². The zero-order valence-electron chi connectivity index (χ0n) is 37.2. The molecule has 0 spiro atoms. The first-order valence-electron chi connectivity index (χ1n) is 23.0. The highest BCUT2D eigenvalue weighted by Gasteiger charge is 2.19. The zero-order valence-corrected chi connectivity index (χ0v) is 40.4. The van der Waals surface area contributed by atoms with Crippen molar-refractivity contribution in [1.29, 1.82) is 0 Å². The molecular weight excluding hydrogens is 801 g/mol. The Balaban J connectivity index is 1.51. The van der Waals surface area contributed by atoms with Gasteiger partial charge in [0.25, 0.3) is 0 Å². The highest BCUT2D eigenvalue weighted by atomic mass is 32.1. The van der Waals surface area contributed by atoms with E-state index in [4.69, 9.17) is 6.42 Å². The minimum Gasteiger partial charge on any atom is -0.139 e. The first-order chi connectivity index (χ1) is 29.4. The van der Waals surface area contributed by atoms with E-state index in [1.807, 2.05) is 45.3 Å². The van der Waals surface area contributed by atoms with Gasteiger partial charge in [-0.15, -0.1) is 51.8 Å². The molecule has 0 aliphatic rings. The van der Waals surface area contributed by atoms with Gasteiger partial charge in [-0.05, 0) is 159 Å². The molecule has 0 N–H and O–H groups in total. The van der Waals surface area contributed by atoms with Crippen molar-refractivity contribution in [3.05, 3.63) is 80.5 Å². The second-order valence-electron chi connectivity index (χ2n) is 16.3. The van der Waals surface area contributed by atoms with Crippen molar-refractivity contribution in [3.8, 4) is 88.3 Å². The van der Waals surface area contributed by atoms with Gasteiger partial charge in [0.05, 0.1) is 0 Å². The van der Waals surface area contributed by atoms with Crippen LogP contribution in [0.5, 0.6) is 0 Å². The van der Waals surface area contributed by atoms with E-state index in [1.165, 1.54) is 182 Å². The first kappa shape index (κ1) is 47.3. The Morgan fingerprint density at radius 1 is 0.417 bits per heavy atom. The molecule has 4 aromatic heterocycles. The van der Waals surface area contributed by atoms with Gasteiger partial charge in [-0.3, -0.25) is 0 Å². The fourth-order valence-electron chi connectivity index (χ4n) is 8.04. The van der Waals surface area contributed by atoms with E-state index in [1.54, 1.807) is 0 Å². The number of hydrogen-bond acceptors (Lipinski definition) is 4. The van der Waals surface area contributed by atoms with Gasteiger partial charge in [-0.25, -0.2) is 0 Å². The minimum absolute atomic E-state index is 1.02. The molecule has 0 aliphatic carbocycles. The topological polar surface area (TPSA) is 0 Å². The van der Waals surface area contributed by atoms with Crippen LogP contribution in [0.1, 0.15) is 168 Å². The average Bonchev–Trinajstić information content (AvgIpc) is 4.07. The summed E-state index contributed by atoms with van der Waals surface area (Å²) in [7, 11) is 0. The average molecular weight is 867 g/mol. The van der Waals surface area contributed by atoms with Crippen LogP contribution in [0.4, 0.5) is 0 Å². The van der Waals surface area contributed by atoms with Crippen LogP contribution in [-0.4, -0.2) is 0 Å². The Labute approximate surface area is 381 Å². The number of aryl methyl sites for hydroxylation is 5. The quantitative estimate of drug-likeness (QED) is 0.0405. The number of benzene rings is 1. The molecule has 314 valence electrons. The number of unbranched alkanes of at least 4 members (excludes halogenated alkanes) is 15. The molecule has 60 heavy (non-hydrogen) atoms. The highest BCUT2D eigenvalue weighted by molar-refractivity contribution is 7.24. The van der Waals surface area contributed by atoms with Crippen LogP contribution in [0.2, 0.25) is 0 Å². The molecule has 0 aliphatic heterocycles.